The second-order valence-electron chi connectivity index (χ2n) is 8.00. The van der Waals surface area contributed by atoms with Crippen molar-refractivity contribution in [1.82, 2.24) is 10.3 Å². The number of fused-ring (bicyclic) bond motifs is 1. The van der Waals surface area contributed by atoms with Crippen molar-refractivity contribution in [3.63, 3.8) is 0 Å². The molecule has 2 aromatic carbocycles. The molecule has 1 atom stereocenters. The Morgan fingerprint density at radius 3 is 2.65 bits per heavy atom. The topological polar surface area (TPSA) is 86.8 Å². The highest BCUT2D eigenvalue weighted by Gasteiger charge is 2.43. The number of carbonyl (C=O) groups excluding carboxylic acids is 2. The van der Waals surface area contributed by atoms with E-state index in [-0.39, 0.29) is 35.4 Å². The molecule has 192 valence electrons. The molecular formula is C26H20F4N2O5. The molecule has 11 heteroatoms. The van der Waals surface area contributed by atoms with Gasteiger partial charge in [0.2, 0.25) is 0 Å². The van der Waals surface area contributed by atoms with Gasteiger partial charge in [-0.05, 0) is 53.6 Å². The lowest BCUT2D eigenvalue weighted by Crippen LogP contribution is -2.50. The van der Waals surface area contributed by atoms with Crippen molar-refractivity contribution in [3.8, 4) is 11.5 Å². The molecule has 0 aliphatic carbocycles. The van der Waals surface area contributed by atoms with E-state index in [0.29, 0.717) is 11.3 Å². The summed E-state index contributed by atoms with van der Waals surface area (Å²) in [5.74, 6) is -3.20. The summed E-state index contributed by atoms with van der Waals surface area (Å²) >= 11 is 0. The van der Waals surface area contributed by atoms with Gasteiger partial charge in [0.1, 0.15) is 17.0 Å². The fourth-order valence-corrected chi connectivity index (χ4v) is 4.14. The van der Waals surface area contributed by atoms with Gasteiger partial charge >= 0.3 is 12.3 Å². The first-order valence-corrected chi connectivity index (χ1v) is 10.9. The Morgan fingerprint density at radius 1 is 1.19 bits per heavy atom. The number of nitrogens with one attached hydrogen (secondary N) is 1. The molecule has 3 aromatic rings. The zero-order chi connectivity index (χ0) is 26.8. The number of halogens is 4. The van der Waals surface area contributed by atoms with Crippen LogP contribution in [-0.2, 0) is 10.3 Å². The number of esters is 1. The number of nitrogens with zero attached hydrogens (tertiary/aromatic N) is 1. The molecule has 0 spiro atoms. The first-order valence-electron chi connectivity index (χ1n) is 10.9. The number of pyridine rings is 1. The number of hydrogen-bond acceptors (Lipinski definition) is 6. The standard InChI is InChI=1S/C26H20F4N2O5/c1-3-15-13-16(6-8-18(15)24(34)35-2)23(33)32-25(10-12-36-21-5-4-11-31-22(21)25)17-7-9-20(19(27)14-17)37-26(28,29)30/h3-9,11,13-14H,1,10,12H2,2H3,(H,32,33). The van der Waals surface area contributed by atoms with E-state index in [2.05, 4.69) is 21.6 Å². The molecule has 1 aliphatic heterocycles. The molecule has 4 rings (SSSR count). The lowest BCUT2D eigenvalue weighted by Gasteiger charge is -2.39. The molecule has 2 heterocycles. The van der Waals surface area contributed by atoms with Crippen LogP contribution in [0.4, 0.5) is 17.6 Å². The molecule has 1 aliphatic rings. The molecule has 1 N–H and O–H groups in total. The van der Waals surface area contributed by atoms with Crippen LogP contribution in [0.5, 0.6) is 11.5 Å². The second-order valence-corrected chi connectivity index (χ2v) is 8.00. The summed E-state index contributed by atoms with van der Waals surface area (Å²) in [5.41, 5.74) is -0.398. The van der Waals surface area contributed by atoms with E-state index in [1.54, 1.807) is 12.1 Å². The molecule has 0 radical (unpaired) electrons. The van der Waals surface area contributed by atoms with E-state index in [1.807, 2.05) is 0 Å². The van der Waals surface area contributed by atoms with Crippen LogP contribution in [-0.4, -0.2) is 36.9 Å². The number of rotatable bonds is 6. The van der Waals surface area contributed by atoms with Crippen molar-refractivity contribution in [2.45, 2.75) is 18.3 Å². The Bertz CT molecular complexity index is 1380. The van der Waals surface area contributed by atoms with Gasteiger partial charge in [-0.15, -0.1) is 13.2 Å². The van der Waals surface area contributed by atoms with Crippen molar-refractivity contribution in [1.29, 1.82) is 0 Å². The lowest BCUT2D eigenvalue weighted by atomic mass is 9.81. The van der Waals surface area contributed by atoms with Crippen LogP contribution in [0.25, 0.3) is 6.08 Å². The summed E-state index contributed by atoms with van der Waals surface area (Å²) in [5, 5.41) is 2.87. The quantitative estimate of drug-likeness (QED) is 0.367. The molecule has 0 bridgehead atoms. The Morgan fingerprint density at radius 2 is 1.97 bits per heavy atom. The highest BCUT2D eigenvalue weighted by atomic mass is 19.4. The van der Waals surface area contributed by atoms with Crippen LogP contribution >= 0.6 is 0 Å². The maximum absolute atomic E-state index is 14.7. The van der Waals surface area contributed by atoms with Gasteiger partial charge in [-0.25, -0.2) is 9.18 Å². The van der Waals surface area contributed by atoms with Crippen molar-refractivity contribution in [2.75, 3.05) is 13.7 Å². The number of ether oxygens (including phenoxy) is 3. The van der Waals surface area contributed by atoms with Gasteiger partial charge in [-0.2, -0.15) is 0 Å². The highest BCUT2D eigenvalue weighted by molar-refractivity contribution is 5.99. The Balaban J connectivity index is 1.79. The fraction of sp³-hybridized carbons (Fsp3) is 0.192. The van der Waals surface area contributed by atoms with Gasteiger partial charge in [0.25, 0.3) is 5.91 Å². The van der Waals surface area contributed by atoms with Crippen molar-refractivity contribution >= 4 is 18.0 Å². The van der Waals surface area contributed by atoms with Gasteiger partial charge < -0.3 is 19.5 Å². The minimum absolute atomic E-state index is 0.0935. The maximum Gasteiger partial charge on any atom is 0.573 e. The number of amides is 1. The van der Waals surface area contributed by atoms with Gasteiger partial charge in [0.15, 0.2) is 11.6 Å². The molecule has 37 heavy (non-hydrogen) atoms. The molecule has 0 saturated carbocycles. The minimum Gasteiger partial charge on any atom is -0.491 e. The lowest BCUT2D eigenvalue weighted by molar-refractivity contribution is -0.275. The number of carbonyl (C=O) groups is 2. The average molecular weight is 516 g/mol. The summed E-state index contributed by atoms with van der Waals surface area (Å²) in [7, 11) is 1.22. The SMILES string of the molecule is C=Cc1cc(C(=O)NC2(c3ccc(OC(F)(F)F)c(F)c3)CCOc3cccnc32)ccc1C(=O)OC. The third-order valence-corrected chi connectivity index (χ3v) is 5.83. The van der Waals surface area contributed by atoms with Crippen LogP contribution < -0.4 is 14.8 Å². The van der Waals surface area contributed by atoms with Crippen LogP contribution in [0, 0.1) is 5.82 Å². The van der Waals surface area contributed by atoms with E-state index in [0.717, 1.165) is 12.1 Å². The molecule has 7 nitrogen and oxygen atoms in total. The van der Waals surface area contributed by atoms with Crippen molar-refractivity contribution in [3.05, 3.63) is 95.1 Å². The molecule has 1 amide bonds. The van der Waals surface area contributed by atoms with E-state index >= 15 is 0 Å². The summed E-state index contributed by atoms with van der Waals surface area (Å²) in [6.07, 6.45) is -2.15. The second kappa shape index (κ2) is 9.92. The zero-order valence-corrected chi connectivity index (χ0v) is 19.4. The van der Waals surface area contributed by atoms with Crippen LogP contribution in [0.3, 0.4) is 0 Å². The summed E-state index contributed by atoms with van der Waals surface area (Å²) in [4.78, 5) is 29.8. The van der Waals surface area contributed by atoms with Gasteiger partial charge in [-0.1, -0.05) is 18.7 Å². The Labute approximate surface area is 208 Å². The molecule has 1 unspecified atom stereocenters. The van der Waals surface area contributed by atoms with Crippen LogP contribution in [0.15, 0.2) is 61.3 Å². The predicted octanol–water partition coefficient (Wildman–Crippen LogP) is 5.01. The highest BCUT2D eigenvalue weighted by Crippen LogP contribution is 2.42. The third kappa shape index (κ3) is 5.11. The summed E-state index contributed by atoms with van der Waals surface area (Å²) in [6, 6.07) is 10.4. The fourth-order valence-electron chi connectivity index (χ4n) is 4.14. The summed E-state index contributed by atoms with van der Waals surface area (Å²) in [6.45, 7) is 3.76. The number of alkyl halides is 3. The largest absolute Gasteiger partial charge is 0.573 e. The zero-order valence-electron chi connectivity index (χ0n) is 19.4. The monoisotopic (exact) mass is 516 g/mol. The molecule has 0 saturated heterocycles. The van der Waals surface area contributed by atoms with E-state index < -0.39 is 35.3 Å². The Hall–Kier alpha value is -4.41. The van der Waals surface area contributed by atoms with Crippen molar-refractivity contribution < 1.29 is 41.4 Å². The summed E-state index contributed by atoms with van der Waals surface area (Å²) < 4.78 is 66.9. The predicted molar refractivity (Wildman–Crippen MR) is 124 cm³/mol. The van der Waals surface area contributed by atoms with E-state index in [4.69, 9.17) is 9.47 Å². The van der Waals surface area contributed by atoms with Crippen molar-refractivity contribution in [2.24, 2.45) is 0 Å². The number of aromatic nitrogens is 1. The van der Waals surface area contributed by atoms with E-state index in [1.165, 1.54) is 43.6 Å². The maximum atomic E-state index is 14.7. The molecule has 1 aromatic heterocycles. The van der Waals surface area contributed by atoms with Gasteiger partial charge in [0.05, 0.1) is 19.3 Å². The number of benzene rings is 2. The third-order valence-electron chi connectivity index (χ3n) is 5.83. The van der Waals surface area contributed by atoms with E-state index in [9.17, 15) is 27.2 Å². The number of hydrogen-bond donors (Lipinski definition) is 1. The smallest absolute Gasteiger partial charge is 0.491 e. The Kier molecular flexibility index (Phi) is 6.88. The molecule has 0 fully saturated rings. The normalized spacial score (nSPS) is 16.7. The first-order chi connectivity index (χ1) is 17.6. The van der Waals surface area contributed by atoms with Crippen LogP contribution in [0.1, 0.15) is 44.0 Å². The van der Waals surface area contributed by atoms with Crippen LogP contribution in [0.2, 0.25) is 0 Å². The first kappa shape index (κ1) is 25.7. The average Bonchev–Trinajstić information content (AvgIpc) is 2.88. The van der Waals surface area contributed by atoms with Gasteiger partial charge in [-0.3, -0.25) is 9.78 Å². The minimum atomic E-state index is -5.08. The molecular weight excluding hydrogens is 496 g/mol. The number of methoxy groups -OCH3 is 1. The van der Waals surface area contributed by atoms with Gasteiger partial charge in [0, 0.05) is 18.2 Å².